The van der Waals surface area contributed by atoms with E-state index in [0.717, 1.165) is 29.6 Å². The van der Waals surface area contributed by atoms with Crippen LogP contribution in [-0.2, 0) is 0 Å². The number of aromatic nitrogens is 5. The molecular weight excluding hydrogens is 454 g/mol. The van der Waals surface area contributed by atoms with Gasteiger partial charge in [-0.25, -0.2) is 9.97 Å². The van der Waals surface area contributed by atoms with Gasteiger partial charge in [-0.05, 0) is 43.4 Å². The van der Waals surface area contributed by atoms with E-state index in [9.17, 15) is 9.59 Å². The van der Waals surface area contributed by atoms with Crippen LogP contribution in [0.15, 0.2) is 53.6 Å². The second kappa shape index (κ2) is 8.75. The van der Waals surface area contributed by atoms with Crippen molar-refractivity contribution in [2.75, 3.05) is 12.4 Å². The van der Waals surface area contributed by atoms with Crippen molar-refractivity contribution >= 4 is 50.8 Å². The minimum Gasteiger partial charge on any atom is -0.361 e. The number of nitrogens with zero attached hydrogens (tertiary/aromatic N) is 4. The monoisotopic (exact) mass is 475 g/mol. The van der Waals surface area contributed by atoms with Crippen LogP contribution in [0.3, 0.4) is 0 Å². The molecule has 0 saturated heterocycles. The average molecular weight is 476 g/mol. The molecule has 3 aromatic heterocycles. The minimum absolute atomic E-state index is 0.171. The summed E-state index contributed by atoms with van der Waals surface area (Å²) in [6, 6.07) is 7.04. The molecule has 34 heavy (non-hydrogen) atoms. The van der Waals surface area contributed by atoms with Crippen molar-refractivity contribution < 1.29 is 4.79 Å². The number of aromatic amines is 1. The van der Waals surface area contributed by atoms with E-state index >= 15 is 0 Å². The van der Waals surface area contributed by atoms with Gasteiger partial charge in [0, 0.05) is 18.4 Å². The molecule has 4 aromatic rings. The Morgan fingerprint density at radius 3 is 2.88 bits per heavy atom. The lowest BCUT2D eigenvalue weighted by Crippen LogP contribution is -2.27. The number of halogens is 1. The van der Waals surface area contributed by atoms with Gasteiger partial charge in [0.05, 0.1) is 21.8 Å². The van der Waals surface area contributed by atoms with Gasteiger partial charge in [0.1, 0.15) is 17.8 Å². The number of rotatable bonds is 5. The summed E-state index contributed by atoms with van der Waals surface area (Å²) >= 11 is 6.42. The van der Waals surface area contributed by atoms with Crippen LogP contribution in [0.5, 0.6) is 0 Å². The SMILES string of the molecule is CNC(=O)c1[nH]nc2ncnc(N[C@@H](C)c3cc4cccc(Cl)c4c(=O)n3C3=CC=CCC3)c12. The number of H-pyrrole nitrogens is 1. The fourth-order valence-electron chi connectivity index (χ4n) is 4.26. The third-order valence-corrected chi connectivity index (χ3v) is 6.22. The second-order valence-electron chi connectivity index (χ2n) is 8.00. The van der Waals surface area contributed by atoms with E-state index in [0.29, 0.717) is 27.3 Å². The van der Waals surface area contributed by atoms with Crippen LogP contribution >= 0.6 is 11.6 Å². The van der Waals surface area contributed by atoms with Crippen LogP contribution in [0.2, 0.25) is 5.02 Å². The summed E-state index contributed by atoms with van der Waals surface area (Å²) in [5.41, 5.74) is 2.09. The highest BCUT2D eigenvalue weighted by molar-refractivity contribution is 6.35. The normalized spacial score (nSPS) is 14.3. The van der Waals surface area contributed by atoms with Crippen LogP contribution in [0.1, 0.15) is 42.0 Å². The first kappa shape index (κ1) is 21.8. The predicted molar refractivity (Wildman–Crippen MR) is 133 cm³/mol. The Bertz CT molecular complexity index is 1550. The van der Waals surface area contributed by atoms with Crippen LogP contribution in [0.4, 0.5) is 5.82 Å². The van der Waals surface area contributed by atoms with Gasteiger partial charge < -0.3 is 10.6 Å². The van der Waals surface area contributed by atoms with Crippen molar-refractivity contribution in [3.05, 3.63) is 75.6 Å². The van der Waals surface area contributed by atoms with Crippen molar-refractivity contribution in [2.45, 2.75) is 25.8 Å². The summed E-state index contributed by atoms with van der Waals surface area (Å²) in [5, 5.41) is 14.9. The third-order valence-electron chi connectivity index (χ3n) is 5.91. The lowest BCUT2D eigenvalue weighted by Gasteiger charge is -2.24. The largest absolute Gasteiger partial charge is 0.361 e. The van der Waals surface area contributed by atoms with E-state index in [2.05, 4.69) is 36.9 Å². The molecule has 3 heterocycles. The van der Waals surface area contributed by atoms with Gasteiger partial charge in [-0.2, -0.15) is 5.10 Å². The first-order valence-corrected chi connectivity index (χ1v) is 11.3. The number of carbonyl (C=O) groups excluding carboxylic acids is 1. The Morgan fingerprint density at radius 1 is 1.26 bits per heavy atom. The molecular formula is C24H22ClN7O2. The number of allylic oxidation sites excluding steroid dienone is 4. The Kier molecular flexibility index (Phi) is 5.62. The molecule has 0 aliphatic heterocycles. The number of pyridine rings is 1. The molecule has 5 rings (SSSR count). The summed E-state index contributed by atoms with van der Waals surface area (Å²) < 4.78 is 1.72. The van der Waals surface area contributed by atoms with E-state index in [-0.39, 0.29) is 23.2 Å². The highest BCUT2D eigenvalue weighted by atomic mass is 35.5. The Balaban J connectivity index is 1.67. The molecule has 0 fully saturated rings. The lowest BCUT2D eigenvalue weighted by molar-refractivity contribution is 0.0959. The fourth-order valence-corrected chi connectivity index (χ4v) is 4.53. The smallest absolute Gasteiger partial charge is 0.269 e. The third kappa shape index (κ3) is 3.63. The molecule has 0 radical (unpaired) electrons. The number of fused-ring (bicyclic) bond motifs is 2. The standard InChI is InChI=1S/C24H22ClN7O2/c1-13(29-21-19-20(23(33)26-2)30-31-22(19)28-12-27-21)17-11-14-7-6-10-16(25)18(14)24(34)32(17)15-8-4-3-5-9-15/h3-4,6-8,10-13H,5,9H2,1-2H3,(H,26,33)(H2,27,28,29,30,31)/t13-/m0/s1. The van der Waals surface area contributed by atoms with Crippen LogP contribution in [0, 0.1) is 0 Å². The molecule has 0 bridgehead atoms. The van der Waals surface area contributed by atoms with Crippen LogP contribution < -0.4 is 16.2 Å². The molecule has 10 heteroatoms. The molecule has 0 spiro atoms. The van der Waals surface area contributed by atoms with E-state index in [4.69, 9.17) is 11.6 Å². The maximum absolute atomic E-state index is 13.7. The minimum atomic E-state index is -0.353. The second-order valence-corrected chi connectivity index (χ2v) is 8.41. The van der Waals surface area contributed by atoms with Crippen molar-refractivity contribution in [1.29, 1.82) is 0 Å². The predicted octanol–water partition coefficient (Wildman–Crippen LogP) is 4.04. The summed E-state index contributed by atoms with van der Waals surface area (Å²) in [5.74, 6) is 0.108. The number of hydrogen-bond acceptors (Lipinski definition) is 6. The first-order chi connectivity index (χ1) is 16.5. The average Bonchev–Trinajstić information content (AvgIpc) is 3.29. The fraction of sp³-hybridized carbons (Fsp3) is 0.208. The van der Waals surface area contributed by atoms with Crippen LogP contribution in [0.25, 0.3) is 27.5 Å². The maximum atomic E-state index is 13.7. The van der Waals surface area contributed by atoms with E-state index in [1.165, 1.54) is 6.33 Å². The van der Waals surface area contributed by atoms with Gasteiger partial charge in [0.25, 0.3) is 11.5 Å². The molecule has 1 atom stereocenters. The van der Waals surface area contributed by atoms with Crippen molar-refractivity contribution in [1.82, 2.24) is 30.0 Å². The van der Waals surface area contributed by atoms with Crippen molar-refractivity contribution in [2.24, 2.45) is 0 Å². The van der Waals surface area contributed by atoms with Gasteiger partial charge in [-0.3, -0.25) is 19.3 Å². The zero-order valence-corrected chi connectivity index (χ0v) is 19.3. The van der Waals surface area contributed by atoms with E-state index < -0.39 is 0 Å². The highest BCUT2D eigenvalue weighted by Crippen LogP contribution is 2.30. The molecule has 1 aliphatic rings. The Morgan fingerprint density at radius 2 is 2.12 bits per heavy atom. The van der Waals surface area contributed by atoms with E-state index in [1.54, 1.807) is 17.7 Å². The molecule has 0 saturated carbocycles. The molecule has 1 amide bonds. The zero-order valence-electron chi connectivity index (χ0n) is 18.6. The lowest BCUT2D eigenvalue weighted by atomic mass is 10.0. The molecule has 3 N–H and O–H groups in total. The molecule has 0 unspecified atom stereocenters. The molecule has 1 aromatic carbocycles. The number of carbonyl (C=O) groups is 1. The van der Waals surface area contributed by atoms with Gasteiger partial charge in [0.2, 0.25) is 0 Å². The van der Waals surface area contributed by atoms with E-state index in [1.807, 2.05) is 37.3 Å². The molecule has 172 valence electrons. The van der Waals surface area contributed by atoms with Gasteiger partial charge in [-0.15, -0.1) is 0 Å². The van der Waals surface area contributed by atoms with Gasteiger partial charge >= 0.3 is 0 Å². The van der Waals surface area contributed by atoms with Crippen molar-refractivity contribution in [3.8, 4) is 0 Å². The number of benzene rings is 1. The topological polar surface area (TPSA) is 118 Å². The van der Waals surface area contributed by atoms with Crippen molar-refractivity contribution in [3.63, 3.8) is 0 Å². The Hall–Kier alpha value is -3.98. The van der Waals surface area contributed by atoms with Gasteiger partial charge in [-0.1, -0.05) is 35.9 Å². The summed E-state index contributed by atoms with van der Waals surface area (Å²) in [6.45, 7) is 1.94. The van der Waals surface area contributed by atoms with Crippen LogP contribution in [-0.4, -0.2) is 37.7 Å². The number of amides is 1. The molecule has 1 aliphatic carbocycles. The highest BCUT2D eigenvalue weighted by Gasteiger charge is 2.22. The number of anilines is 1. The number of hydrogen-bond donors (Lipinski definition) is 3. The Labute approximate surface area is 199 Å². The molecule has 9 nitrogen and oxygen atoms in total. The van der Waals surface area contributed by atoms with Gasteiger partial charge in [0.15, 0.2) is 5.65 Å². The maximum Gasteiger partial charge on any atom is 0.269 e. The summed E-state index contributed by atoms with van der Waals surface area (Å²) in [7, 11) is 1.54. The summed E-state index contributed by atoms with van der Waals surface area (Å²) in [6.07, 6.45) is 8.93. The quantitative estimate of drug-likeness (QED) is 0.401. The first-order valence-electron chi connectivity index (χ1n) is 10.9. The zero-order chi connectivity index (χ0) is 23.8. The summed E-state index contributed by atoms with van der Waals surface area (Å²) in [4.78, 5) is 34.5. The number of nitrogens with one attached hydrogen (secondary N) is 3.